The minimum atomic E-state index is -0.453. The van der Waals surface area contributed by atoms with Crippen molar-refractivity contribution in [2.24, 2.45) is 5.92 Å². The molecular formula is C13H16FN3O2. The Bertz CT molecular complexity index is 479. The fourth-order valence-corrected chi connectivity index (χ4v) is 3.23. The summed E-state index contributed by atoms with van der Waals surface area (Å²) in [7, 11) is 0. The van der Waals surface area contributed by atoms with Crippen molar-refractivity contribution in [2.75, 3.05) is 0 Å². The third-order valence-electron chi connectivity index (χ3n) is 4.25. The Kier molecular flexibility index (Phi) is 3.20. The Hall–Kier alpha value is -1.53. The number of rotatable bonds is 2. The minimum absolute atomic E-state index is 0.0216. The Morgan fingerprint density at radius 1 is 1.21 bits per heavy atom. The molecule has 19 heavy (non-hydrogen) atoms. The quantitative estimate of drug-likeness (QED) is 0.632. The highest BCUT2D eigenvalue weighted by Crippen LogP contribution is 2.38. The first kappa shape index (κ1) is 12.5. The highest BCUT2D eigenvalue weighted by atomic mass is 19.1. The van der Waals surface area contributed by atoms with Crippen molar-refractivity contribution in [2.45, 2.75) is 37.4 Å². The van der Waals surface area contributed by atoms with Gasteiger partial charge in [-0.2, -0.15) is 0 Å². The van der Waals surface area contributed by atoms with Crippen molar-refractivity contribution >= 4 is 0 Å². The molecule has 1 saturated heterocycles. The molecule has 6 heteroatoms. The zero-order valence-corrected chi connectivity index (χ0v) is 10.4. The number of hydrazine groups is 1. The largest absolute Gasteiger partial charge is 0.264 e. The molecule has 5 nitrogen and oxygen atoms in total. The second kappa shape index (κ2) is 4.86. The summed E-state index contributed by atoms with van der Waals surface area (Å²) in [5.41, 5.74) is 7.39. The van der Waals surface area contributed by atoms with Gasteiger partial charge in [0.05, 0.1) is 6.04 Å². The highest BCUT2D eigenvalue weighted by Gasteiger charge is 2.44. The predicted molar refractivity (Wildman–Crippen MR) is 67.3 cm³/mol. The van der Waals surface area contributed by atoms with E-state index >= 15 is 0 Å². The lowest BCUT2D eigenvalue weighted by molar-refractivity contribution is -0.528. The molecule has 1 saturated carbocycles. The van der Waals surface area contributed by atoms with E-state index in [-0.39, 0.29) is 28.7 Å². The predicted octanol–water partition coefficient (Wildman–Crippen LogP) is 1.79. The summed E-state index contributed by atoms with van der Waals surface area (Å²) in [4.78, 5) is 10.8. The van der Waals surface area contributed by atoms with Crippen LogP contribution < -0.4 is 10.9 Å². The van der Waals surface area contributed by atoms with Crippen LogP contribution in [-0.4, -0.2) is 17.0 Å². The van der Waals surface area contributed by atoms with Crippen LogP contribution >= 0.6 is 0 Å². The van der Waals surface area contributed by atoms with Crippen LogP contribution in [0.1, 0.15) is 30.9 Å². The van der Waals surface area contributed by atoms with Crippen LogP contribution in [0.5, 0.6) is 0 Å². The van der Waals surface area contributed by atoms with Gasteiger partial charge < -0.3 is 0 Å². The number of hydrogen-bond donors (Lipinski definition) is 2. The molecule has 0 amide bonds. The first-order valence-corrected chi connectivity index (χ1v) is 6.55. The van der Waals surface area contributed by atoms with Crippen LogP contribution in [-0.2, 0) is 0 Å². The maximum absolute atomic E-state index is 12.9. The second-order valence-electron chi connectivity index (χ2n) is 5.34. The van der Waals surface area contributed by atoms with E-state index in [1.807, 2.05) is 0 Å². The Morgan fingerprint density at radius 3 is 2.63 bits per heavy atom. The van der Waals surface area contributed by atoms with Crippen molar-refractivity contribution in [3.8, 4) is 0 Å². The van der Waals surface area contributed by atoms with E-state index in [1.165, 1.54) is 12.1 Å². The number of fused-ring (bicyclic) bond motifs is 1. The van der Waals surface area contributed by atoms with Crippen LogP contribution in [0.3, 0.4) is 0 Å². The van der Waals surface area contributed by atoms with Crippen LogP contribution in [0, 0.1) is 21.8 Å². The van der Waals surface area contributed by atoms with Crippen LogP contribution in [0.4, 0.5) is 4.39 Å². The molecule has 0 aromatic heterocycles. The lowest BCUT2D eigenvalue weighted by Crippen LogP contribution is -2.39. The van der Waals surface area contributed by atoms with E-state index in [4.69, 9.17) is 0 Å². The van der Waals surface area contributed by atoms with Gasteiger partial charge in [0.1, 0.15) is 5.82 Å². The molecule has 0 radical (unpaired) electrons. The number of hydrogen-bond acceptors (Lipinski definition) is 4. The third kappa shape index (κ3) is 2.33. The molecule has 4 unspecified atom stereocenters. The van der Waals surface area contributed by atoms with E-state index < -0.39 is 6.04 Å². The van der Waals surface area contributed by atoms with Gasteiger partial charge in [-0.15, -0.1) is 0 Å². The molecule has 1 aliphatic heterocycles. The lowest BCUT2D eigenvalue weighted by Gasteiger charge is -2.29. The number of nitrogens with zero attached hydrogens (tertiary/aromatic N) is 1. The first-order chi connectivity index (χ1) is 9.15. The number of nitro groups is 1. The molecule has 2 N–H and O–H groups in total. The molecule has 1 aromatic rings. The minimum Gasteiger partial charge on any atom is -0.264 e. The second-order valence-corrected chi connectivity index (χ2v) is 5.34. The van der Waals surface area contributed by atoms with Gasteiger partial charge in [-0.3, -0.25) is 15.5 Å². The summed E-state index contributed by atoms with van der Waals surface area (Å²) in [5, 5.41) is 10.9. The summed E-state index contributed by atoms with van der Waals surface area (Å²) in [6.45, 7) is 0. The topological polar surface area (TPSA) is 67.2 Å². The van der Waals surface area contributed by atoms with Crippen molar-refractivity contribution in [1.29, 1.82) is 0 Å². The van der Waals surface area contributed by atoms with Crippen molar-refractivity contribution in [3.05, 3.63) is 45.8 Å². The van der Waals surface area contributed by atoms with Crippen LogP contribution in [0.15, 0.2) is 24.3 Å². The maximum Gasteiger partial charge on any atom is 0.213 e. The number of nitrogens with one attached hydrogen (secondary N) is 2. The Balaban J connectivity index is 1.80. The summed E-state index contributed by atoms with van der Waals surface area (Å²) < 4.78 is 12.9. The molecule has 2 fully saturated rings. The smallest absolute Gasteiger partial charge is 0.213 e. The molecule has 0 spiro atoms. The van der Waals surface area contributed by atoms with Gasteiger partial charge in [0.25, 0.3) is 0 Å². The molecule has 1 heterocycles. The van der Waals surface area contributed by atoms with Gasteiger partial charge in [0.2, 0.25) is 6.04 Å². The fourth-order valence-electron chi connectivity index (χ4n) is 3.23. The lowest BCUT2D eigenvalue weighted by atomic mass is 9.77. The van der Waals surface area contributed by atoms with Gasteiger partial charge in [0.15, 0.2) is 0 Å². The van der Waals surface area contributed by atoms with Gasteiger partial charge in [0, 0.05) is 29.7 Å². The Labute approximate surface area is 110 Å². The third-order valence-corrected chi connectivity index (χ3v) is 4.25. The normalized spacial score (nSPS) is 33.9. The number of halogens is 1. The van der Waals surface area contributed by atoms with Gasteiger partial charge >= 0.3 is 0 Å². The van der Waals surface area contributed by atoms with Gasteiger partial charge in [-0.1, -0.05) is 12.1 Å². The summed E-state index contributed by atoms with van der Waals surface area (Å²) in [6, 6.07) is 6.18. The molecule has 0 bridgehead atoms. The van der Waals surface area contributed by atoms with Gasteiger partial charge in [-0.05, 0) is 24.1 Å². The number of benzene rings is 1. The van der Waals surface area contributed by atoms with Crippen molar-refractivity contribution in [1.82, 2.24) is 10.9 Å². The monoisotopic (exact) mass is 265 g/mol. The van der Waals surface area contributed by atoms with Crippen molar-refractivity contribution < 1.29 is 9.31 Å². The summed E-state index contributed by atoms with van der Waals surface area (Å²) >= 11 is 0. The van der Waals surface area contributed by atoms with Crippen LogP contribution in [0.2, 0.25) is 0 Å². The van der Waals surface area contributed by atoms with Gasteiger partial charge in [-0.25, -0.2) is 9.82 Å². The van der Waals surface area contributed by atoms with Crippen LogP contribution in [0.25, 0.3) is 0 Å². The molecule has 1 aromatic carbocycles. The average Bonchev–Trinajstić information content (AvgIpc) is 2.82. The van der Waals surface area contributed by atoms with E-state index in [2.05, 4.69) is 10.9 Å². The summed E-state index contributed by atoms with van der Waals surface area (Å²) in [6.07, 6.45) is 2.00. The molecule has 3 rings (SSSR count). The molecular weight excluding hydrogens is 249 g/mol. The maximum atomic E-state index is 12.9. The molecule has 4 atom stereocenters. The van der Waals surface area contributed by atoms with Crippen molar-refractivity contribution in [3.63, 3.8) is 0 Å². The Morgan fingerprint density at radius 2 is 1.95 bits per heavy atom. The molecule has 2 aliphatic rings. The first-order valence-electron chi connectivity index (χ1n) is 6.55. The SMILES string of the molecule is O=[N+]([O-])C1CCC2NNC(c3ccc(F)cc3)C2C1. The molecule has 102 valence electrons. The van der Waals surface area contributed by atoms with E-state index in [0.29, 0.717) is 12.8 Å². The van der Waals surface area contributed by atoms with E-state index in [1.54, 1.807) is 12.1 Å². The van der Waals surface area contributed by atoms with E-state index in [0.717, 1.165) is 12.0 Å². The summed E-state index contributed by atoms with van der Waals surface area (Å²) in [5.74, 6) is -0.0762. The zero-order chi connectivity index (χ0) is 13.4. The standard InChI is InChI=1S/C13H16FN3O2/c14-9-3-1-8(2-4-9)13-11-7-10(17(18)19)5-6-12(11)15-16-13/h1-4,10-13,15-16H,5-7H2. The molecule has 1 aliphatic carbocycles. The fraction of sp³-hybridized carbons (Fsp3) is 0.538. The van der Waals surface area contributed by atoms with E-state index in [9.17, 15) is 14.5 Å². The average molecular weight is 265 g/mol. The highest BCUT2D eigenvalue weighted by molar-refractivity contribution is 5.22. The zero-order valence-electron chi connectivity index (χ0n) is 10.4.